The number of carbonyl (C=O) groups is 7. The van der Waals surface area contributed by atoms with Crippen molar-refractivity contribution in [2.75, 3.05) is 92.5 Å². The molecule has 460 valence electrons. The molecular formula is C59H98O21. The lowest BCUT2D eigenvalue weighted by molar-refractivity contribution is -0.176. The molecule has 0 aliphatic rings. The molecule has 0 bridgehead atoms. The smallest absolute Gasteiger partial charge is 0.311 e. The van der Waals surface area contributed by atoms with Crippen LogP contribution >= 0.6 is 0 Å². The Balaban J connectivity index is 4.54. The van der Waals surface area contributed by atoms with E-state index >= 15 is 9.59 Å². The minimum absolute atomic E-state index is 0.00153. The van der Waals surface area contributed by atoms with Crippen LogP contribution in [0.3, 0.4) is 0 Å². The van der Waals surface area contributed by atoms with Gasteiger partial charge in [-0.2, -0.15) is 0 Å². The van der Waals surface area contributed by atoms with E-state index in [1.165, 1.54) is 48.5 Å². The molecule has 0 saturated carbocycles. The van der Waals surface area contributed by atoms with E-state index in [1.54, 1.807) is 6.92 Å². The molecule has 21 nitrogen and oxygen atoms in total. The number of aliphatic hydroxyl groups is 7. The zero-order chi connectivity index (χ0) is 60.7. The predicted octanol–water partition coefficient (Wildman–Crippen LogP) is 5.45. The van der Waals surface area contributed by atoms with Gasteiger partial charge in [-0.15, -0.1) is 0 Å². The average Bonchev–Trinajstić information content (AvgIpc) is 3.46. The van der Waals surface area contributed by atoms with Crippen molar-refractivity contribution in [1.82, 2.24) is 0 Å². The average molecular weight is 1140 g/mol. The van der Waals surface area contributed by atoms with Gasteiger partial charge in [0.25, 0.3) is 0 Å². The maximum atomic E-state index is 15.1. The molecule has 0 aliphatic carbocycles. The maximum Gasteiger partial charge on any atom is 0.311 e. The van der Waals surface area contributed by atoms with Crippen LogP contribution in [0.2, 0.25) is 0 Å². The molecule has 0 fully saturated rings. The lowest BCUT2D eigenvalue weighted by Crippen LogP contribution is -2.50. The highest BCUT2D eigenvalue weighted by atomic mass is 16.6. The highest BCUT2D eigenvalue weighted by molar-refractivity contribution is 5.86. The van der Waals surface area contributed by atoms with Crippen LogP contribution in [0.15, 0.2) is 30.3 Å². The minimum atomic E-state index is -2.01. The number of hydrogen-bond donors (Lipinski definition) is 7. The molecule has 0 radical (unpaired) electrons. The van der Waals surface area contributed by atoms with Crippen molar-refractivity contribution in [3.63, 3.8) is 0 Å². The first-order valence-corrected chi connectivity index (χ1v) is 28.2. The van der Waals surface area contributed by atoms with Crippen molar-refractivity contribution in [1.29, 1.82) is 0 Å². The molecule has 0 saturated heterocycles. The zero-order valence-electron chi connectivity index (χ0n) is 49.3. The second-order valence-electron chi connectivity index (χ2n) is 23.5. The first-order chi connectivity index (χ1) is 37.6. The summed E-state index contributed by atoms with van der Waals surface area (Å²) in [5.41, 5.74) is -11.7. The fourth-order valence-corrected chi connectivity index (χ4v) is 11.2. The second kappa shape index (κ2) is 35.9. The normalized spacial score (nSPS) is 16.6. The SMILES string of the molecule is CCC(CC(C)(CC(C)(CC(C)(CC(C)(CC(C)(CC(C)(CC(C)(C)C(=O)OCCCO)C(=O)OCCCO)C(=O)OCCCO)C(=O)OCCCO)C(=O)OCCCO)C(=O)OCCCO)C(=O)OCCCO)c1ccccc1. The van der Waals surface area contributed by atoms with Gasteiger partial charge in [-0.25, -0.2) is 0 Å². The summed E-state index contributed by atoms with van der Waals surface area (Å²) in [6, 6.07) is 9.42. The van der Waals surface area contributed by atoms with E-state index in [0.717, 1.165) is 5.56 Å². The van der Waals surface area contributed by atoms with Crippen LogP contribution in [0.4, 0.5) is 0 Å². The minimum Gasteiger partial charge on any atom is -0.465 e. The van der Waals surface area contributed by atoms with Gasteiger partial charge in [0.2, 0.25) is 0 Å². The van der Waals surface area contributed by atoms with Crippen molar-refractivity contribution < 1.29 is 102 Å². The molecule has 0 amide bonds. The van der Waals surface area contributed by atoms with Crippen molar-refractivity contribution in [3.8, 4) is 0 Å². The van der Waals surface area contributed by atoms with Gasteiger partial charge in [0.15, 0.2) is 0 Å². The molecule has 7 unspecified atom stereocenters. The standard InChI is InChI=1S/C59H98O21/c1-10-44(45-21-12-11-13-22-45)37-54(4,47(68)75-31-15-24-61)39-56(6,49(70)77-33-17-26-63)41-58(8,51(72)79-35-19-28-65)43-59(9,52(73)80-36-20-29-66)42-57(7,50(71)78-34-18-27-64)40-55(5,48(69)76-32-16-25-62)38-53(2,3)46(67)74-30-14-23-60/h11-13,21-22,44,60-66H,10,14-20,23-43H2,1-9H3. The second-order valence-corrected chi connectivity index (χ2v) is 23.5. The summed E-state index contributed by atoms with van der Waals surface area (Å²) in [5.74, 6) is -6.35. The molecule has 0 aliphatic heterocycles. The molecule has 0 spiro atoms. The van der Waals surface area contributed by atoms with Crippen molar-refractivity contribution in [2.24, 2.45) is 37.9 Å². The molecule has 7 N–H and O–H groups in total. The highest BCUT2D eigenvalue weighted by Gasteiger charge is 2.59. The van der Waals surface area contributed by atoms with E-state index in [4.69, 9.17) is 33.2 Å². The Morgan fingerprint density at radius 3 is 0.825 bits per heavy atom. The van der Waals surface area contributed by atoms with Gasteiger partial charge in [-0.1, -0.05) is 37.3 Å². The Kier molecular flexibility index (Phi) is 32.9. The van der Waals surface area contributed by atoms with E-state index in [0.29, 0.717) is 6.42 Å². The fraction of sp³-hybridized carbons (Fsp3) is 0.780. The van der Waals surface area contributed by atoms with Gasteiger partial charge in [0.05, 0.1) is 84.2 Å². The summed E-state index contributed by atoms with van der Waals surface area (Å²) in [7, 11) is 0. The van der Waals surface area contributed by atoms with E-state index < -0.39 is 105 Å². The van der Waals surface area contributed by atoms with Crippen LogP contribution in [0.25, 0.3) is 0 Å². The lowest BCUT2D eigenvalue weighted by atomic mass is 9.57. The lowest BCUT2D eigenvalue weighted by Gasteiger charge is -2.46. The number of rotatable bonds is 44. The third-order valence-electron chi connectivity index (χ3n) is 14.5. The van der Waals surface area contributed by atoms with Crippen LogP contribution in [0, 0.1) is 37.9 Å². The first-order valence-electron chi connectivity index (χ1n) is 28.2. The molecular weight excluding hydrogens is 1040 g/mol. The van der Waals surface area contributed by atoms with E-state index in [2.05, 4.69) is 0 Å². The third kappa shape index (κ3) is 23.6. The summed E-state index contributed by atoms with van der Waals surface area (Å²) in [4.78, 5) is 103. The number of benzene rings is 1. The number of ether oxygens (including phenoxy) is 7. The Hall–Kier alpha value is -4.77. The number of carbonyl (C=O) groups excluding carboxylic acids is 7. The van der Waals surface area contributed by atoms with Gasteiger partial charge >= 0.3 is 41.8 Å². The highest BCUT2D eigenvalue weighted by Crippen LogP contribution is 2.55. The van der Waals surface area contributed by atoms with Crippen LogP contribution < -0.4 is 0 Å². The summed E-state index contributed by atoms with van der Waals surface area (Å²) in [6.07, 6.45) is -1.78. The van der Waals surface area contributed by atoms with Gasteiger partial charge in [-0.3, -0.25) is 33.6 Å². The van der Waals surface area contributed by atoms with E-state index in [9.17, 15) is 59.7 Å². The van der Waals surface area contributed by atoms with Gasteiger partial charge in [-0.05, 0) is 118 Å². The van der Waals surface area contributed by atoms with E-state index in [1.807, 2.05) is 37.3 Å². The Morgan fingerprint density at radius 2 is 0.575 bits per heavy atom. The van der Waals surface area contributed by atoms with Crippen LogP contribution in [-0.2, 0) is 66.7 Å². The molecule has 7 atom stereocenters. The summed E-state index contributed by atoms with van der Waals surface area (Å²) in [6.45, 7) is 9.87. The molecule has 80 heavy (non-hydrogen) atoms. The van der Waals surface area contributed by atoms with Crippen molar-refractivity contribution >= 4 is 41.8 Å². The Labute approximate surface area is 473 Å². The molecule has 1 rings (SSSR count). The molecule has 0 heterocycles. The Morgan fingerprint density at radius 1 is 0.350 bits per heavy atom. The molecule has 1 aromatic rings. The topological polar surface area (TPSA) is 326 Å². The molecule has 0 aromatic heterocycles. The number of hydrogen-bond acceptors (Lipinski definition) is 21. The number of aliphatic hydroxyl groups excluding tert-OH is 7. The summed E-state index contributed by atoms with van der Waals surface area (Å²) < 4.78 is 40.3. The zero-order valence-corrected chi connectivity index (χ0v) is 49.3. The first kappa shape index (κ1) is 73.2. The van der Waals surface area contributed by atoms with Crippen LogP contribution in [0.1, 0.15) is 170 Å². The molecule has 1 aromatic carbocycles. The third-order valence-corrected chi connectivity index (χ3v) is 14.5. The van der Waals surface area contributed by atoms with Crippen LogP contribution in [0.5, 0.6) is 0 Å². The fourth-order valence-electron chi connectivity index (χ4n) is 11.2. The quantitative estimate of drug-likeness (QED) is 0.0242. The van der Waals surface area contributed by atoms with Gasteiger partial charge < -0.3 is 68.9 Å². The summed E-state index contributed by atoms with van der Waals surface area (Å²) in [5, 5.41) is 67.7. The predicted molar refractivity (Wildman–Crippen MR) is 293 cm³/mol. The molecule has 21 heteroatoms. The van der Waals surface area contributed by atoms with Gasteiger partial charge in [0.1, 0.15) is 0 Å². The van der Waals surface area contributed by atoms with E-state index in [-0.39, 0.29) is 163 Å². The van der Waals surface area contributed by atoms with Crippen molar-refractivity contribution in [2.45, 2.75) is 165 Å². The van der Waals surface area contributed by atoms with Gasteiger partial charge in [0, 0.05) is 91.2 Å². The summed E-state index contributed by atoms with van der Waals surface area (Å²) >= 11 is 0. The number of esters is 7. The Bertz CT molecular complexity index is 2030. The largest absolute Gasteiger partial charge is 0.465 e. The van der Waals surface area contributed by atoms with Crippen molar-refractivity contribution in [3.05, 3.63) is 35.9 Å². The maximum absolute atomic E-state index is 15.1. The monoisotopic (exact) mass is 1140 g/mol. The van der Waals surface area contributed by atoms with Crippen LogP contribution in [-0.4, -0.2) is 170 Å².